The van der Waals surface area contributed by atoms with Gasteiger partial charge in [-0.3, -0.25) is 19.0 Å². The van der Waals surface area contributed by atoms with Crippen LogP contribution < -0.4 is 15.2 Å². The molecule has 0 radical (unpaired) electrons. The molecule has 0 saturated heterocycles. The molecular formula is C24H25N3O6S. The number of thiophene rings is 1. The van der Waals surface area contributed by atoms with E-state index in [0.717, 1.165) is 11.3 Å². The van der Waals surface area contributed by atoms with Crippen molar-refractivity contribution >= 4 is 44.9 Å². The molecule has 1 amide bonds. The molecule has 4 rings (SSSR count). The number of anilines is 1. The van der Waals surface area contributed by atoms with E-state index in [0.29, 0.717) is 44.2 Å². The molecule has 0 N–H and O–H groups in total. The van der Waals surface area contributed by atoms with Crippen molar-refractivity contribution in [3.63, 3.8) is 0 Å². The van der Waals surface area contributed by atoms with Crippen molar-refractivity contribution < 1.29 is 23.9 Å². The zero-order valence-corrected chi connectivity index (χ0v) is 20.4. The molecule has 0 fully saturated rings. The summed E-state index contributed by atoms with van der Waals surface area (Å²) in [7, 11) is 0. The molecule has 0 spiro atoms. The van der Waals surface area contributed by atoms with Crippen LogP contribution in [0.2, 0.25) is 0 Å². The lowest BCUT2D eigenvalue weighted by molar-refractivity contribution is -0.121. The van der Waals surface area contributed by atoms with Gasteiger partial charge in [0.05, 0.1) is 29.5 Å². The summed E-state index contributed by atoms with van der Waals surface area (Å²) in [5.74, 6) is -0.469. The molecule has 3 aromatic rings. The maximum atomic E-state index is 13.3. The number of rotatable bonds is 6. The van der Waals surface area contributed by atoms with Crippen molar-refractivity contribution in [1.29, 1.82) is 0 Å². The number of Topliss-reactive ketones (excluding diaryl/α,β-unsaturated/α-hetero) is 1. The lowest BCUT2D eigenvalue weighted by Crippen LogP contribution is -2.38. The molecule has 1 aromatic carbocycles. The largest absolute Gasteiger partial charge is 0.482 e. The highest BCUT2D eigenvalue weighted by Gasteiger charge is 2.28. The number of likely N-dealkylation sites (N-methyl/N-ethyl adjacent to an activating group) is 1. The van der Waals surface area contributed by atoms with Crippen LogP contribution in [0.15, 0.2) is 29.3 Å². The van der Waals surface area contributed by atoms with Gasteiger partial charge in [-0.1, -0.05) is 0 Å². The summed E-state index contributed by atoms with van der Waals surface area (Å²) in [4.78, 5) is 57.8. The number of amides is 1. The summed E-state index contributed by atoms with van der Waals surface area (Å²) >= 11 is 1.10. The zero-order valence-electron chi connectivity index (χ0n) is 19.6. The zero-order chi connectivity index (χ0) is 24.7. The average Bonchev–Trinajstić information content (AvgIpc) is 3.15. The number of nitrogens with zero attached hydrogens (tertiary/aromatic N) is 3. The first-order chi connectivity index (χ1) is 16.1. The normalized spacial score (nSPS) is 14.2. The summed E-state index contributed by atoms with van der Waals surface area (Å²) < 4.78 is 12.0. The van der Waals surface area contributed by atoms with Gasteiger partial charge in [-0.15, -0.1) is 11.3 Å². The van der Waals surface area contributed by atoms with E-state index in [1.165, 1.54) is 10.9 Å². The number of fused-ring (bicyclic) bond motifs is 2. The number of ketones is 1. The smallest absolute Gasteiger partial charge is 0.348 e. The number of ether oxygens (including phenoxy) is 2. The van der Waals surface area contributed by atoms with Gasteiger partial charge in [0.1, 0.15) is 15.5 Å². The van der Waals surface area contributed by atoms with E-state index in [4.69, 9.17) is 9.47 Å². The molecule has 2 aromatic heterocycles. The van der Waals surface area contributed by atoms with Gasteiger partial charge >= 0.3 is 5.97 Å². The maximum absolute atomic E-state index is 13.3. The number of carbonyl (C=O) groups is 3. The fourth-order valence-electron chi connectivity index (χ4n) is 3.94. The molecule has 1 aliphatic rings. The van der Waals surface area contributed by atoms with Crippen molar-refractivity contribution in [1.82, 2.24) is 9.55 Å². The molecule has 0 aliphatic carbocycles. The second-order valence-corrected chi connectivity index (χ2v) is 9.30. The van der Waals surface area contributed by atoms with Gasteiger partial charge in [-0.25, -0.2) is 9.78 Å². The summed E-state index contributed by atoms with van der Waals surface area (Å²) in [6.07, 6.45) is 1.03. The van der Waals surface area contributed by atoms with E-state index in [9.17, 15) is 19.2 Å². The van der Waals surface area contributed by atoms with E-state index < -0.39 is 17.6 Å². The molecule has 178 valence electrons. The second kappa shape index (κ2) is 9.02. The van der Waals surface area contributed by atoms with Gasteiger partial charge in [0.2, 0.25) is 0 Å². The molecule has 0 bridgehead atoms. The number of aromatic nitrogens is 2. The molecule has 34 heavy (non-hydrogen) atoms. The summed E-state index contributed by atoms with van der Waals surface area (Å²) in [5.41, 5.74) is 0.952. The first-order valence-corrected chi connectivity index (χ1v) is 11.8. The fraction of sp³-hybridized carbons (Fsp3) is 0.375. The van der Waals surface area contributed by atoms with Crippen molar-refractivity contribution in [2.45, 2.75) is 46.8 Å². The second-order valence-electron chi connectivity index (χ2n) is 8.30. The maximum Gasteiger partial charge on any atom is 0.348 e. The van der Waals surface area contributed by atoms with Crippen LogP contribution in [0.5, 0.6) is 5.75 Å². The first kappa shape index (κ1) is 23.6. The van der Waals surface area contributed by atoms with Crippen LogP contribution >= 0.6 is 11.3 Å². The van der Waals surface area contributed by atoms with Gasteiger partial charge in [0, 0.05) is 12.1 Å². The number of esters is 1. The fourth-order valence-corrected chi connectivity index (χ4v) is 4.97. The standard InChI is InChI=1S/C24H25N3O6S/c1-6-26-16-9-15(7-8-17(16)32-10-18(26)28)20(29)14(5)27-11-25-22-19(23(27)30)13(4)21(34-22)24(31)33-12(2)3/h7-9,11-12,14H,6,10H2,1-5H3. The Morgan fingerprint density at radius 3 is 2.65 bits per heavy atom. The predicted octanol–water partition coefficient (Wildman–Crippen LogP) is 3.52. The Morgan fingerprint density at radius 2 is 1.97 bits per heavy atom. The minimum atomic E-state index is -0.858. The van der Waals surface area contributed by atoms with Crippen molar-refractivity contribution in [3.05, 3.63) is 50.9 Å². The number of hydrogen-bond donors (Lipinski definition) is 0. The van der Waals surface area contributed by atoms with Crippen molar-refractivity contribution in [3.8, 4) is 5.75 Å². The van der Waals surface area contributed by atoms with Gasteiger partial charge in [-0.05, 0) is 58.4 Å². The highest BCUT2D eigenvalue weighted by molar-refractivity contribution is 7.20. The third-order valence-electron chi connectivity index (χ3n) is 5.70. The van der Waals surface area contributed by atoms with Crippen LogP contribution in [0.25, 0.3) is 10.2 Å². The topological polar surface area (TPSA) is 108 Å². The van der Waals surface area contributed by atoms with Crippen LogP contribution in [-0.4, -0.2) is 46.5 Å². The molecule has 0 saturated carbocycles. The third-order valence-corrected chi connectivity index (χ3v) is 6.88. The minimum Gasteiger partial charge on any atom is -0.482 e. The first-order valence-electron chi connectivity index (χ1n) is 11.0. The molecule has 3 heterocycles. The quantitative estimate of drug-likeness (QED) is 0.390. The molecule has 1 atom stereocenters. The van der Waals surface area contributed by atoms with Crippen LogP contribution in [0.3, 0.4) is 0 Å². The summed E-state index contributed by atoms with van der Waals surface area (Å²) in [5, 5.41) is 0.296. The van der Waals surface area contributed by atoms with E-state index in [2.05, 4.69) is 4.98 Å². The highest BCUT2D eigenvalue weighted by atomic mass is 32.1. The Morgan fingerprint density at radius 1 is 1.24 bits per heavy atom. The Bertz CT molecular complexity index is 1370. The molecule has 10 heteroatoms. The Labute approximate surface area is 199 Å². The minimum absolute atomic E-state index is 0.0433. The van der Waals surface area contributed by atoms with Gasteiger partial charge < -0.3 is 14.4 Å². The number of aryl methyl sites for hydroxylation is 1. The molecule has 1 unspecified atom stereocenters. The van der Waals surface area contributed by atoms with E-state index in [-0.39, 0.29) is 24.4 Å². The van der Waals surface area contributed by atoms with Crippen molar-refractivity contribution in [2.24, 2.45) is 0 Å². The third kappa shape index (κ3) is 3.98. The Kier molecular flexibility index (Phi) is 6.26. The molecule has 1 aliphatic heterocycles. The van der Waals surface area contributed by atoms with E-state index in [1.54, 1.807) is 50.8 Å². The number of benzene rings is 1. The van der Waals surface area contributed by atoms with Crippen LogP contribution in [0.1, 0.15) is 59.3 Å². The monoisotopic (exact) mass is 483 g/mol. The van der Waals surface area contributed by atoms with E-state index >= 15 is 0 Å². The van der Waals surface area contributed by atoms with Crippen LogP contribution in [-0.2, 0) is 9.53 Å². The SMILES string of the molecule is CCN1C(=O)COc2ccc(C(=O)C(C)n3cnc4sc(C(=O)OC(C)C)c(C)c4c3=O)cc21. The lowest BCUT2D eigenvalue weighted by atomic mass is 10.0. The summed E-state index contributed by atoms with van der Waals surface area (Å²) in [6, 6.07) is 4.03. The Hall–Kier alpha value is -3.53. The Balaban J connectivity index is 1.71. The number of hydrogen-bond acceptors (Lipinski definition) is 8. The van der Waals surface area contributed by atoms with Crippen LogP contribution in [0, 0.1) is 6.92 Å². The average molecular weight is 484 g/mol. The van der Waals surface area contributed by atoms with Crippen molar-refractivity contribution in [2.75, 3.05) is 18.1 Å². The summed E-state index contributed by atoms with van der Waals surface area (Å²) in [6.45, 7) is 9.04. The predicted molar refractivity (Wildman–Crippen MR) is 128 cm³/mol. The van der Waals surface area contributed by atoms with Gasteiger partial charge in [0.25, 0.3) is 11.5 Å². The van der Waals surface area contributed by atoms with Crippen LogP contribution in [0.4, 0.5) is 5.69 Å². The van der Waals surface area contributed by atoms with E-state index in [1.807, 2.05) is 6.92 Å². The molecule has 9 nitrogen and oxygen atoms in total. The lowest BCUT2D eigenvalue weighted by Gasteiger charge is -2.28. The van der Waals surface area contributed by atoms with Gasteiger partial charge in [-0.2, -0.15) is 0 Å². The molecular weight excluding hydrogens is 458 g/mol. The van der Waals surface area contributed by atoms with Gasteiger partial charge in [0.15, 0.2) is 12.4 Å². The highest BCUT2D eigenvalue weighted by Crippen LogP contribution is 2.34. The number of carbonyl (C=O) groups excluding carboxylic acids is 3.